The van der Waals surface area contributed by atoms with Crippen LogP contribution < -0.4 is 15.5 Å². The van der Waals surface area contributed by atoms with Gasteiger partial charge in [-0.15, -0.1) is 0 Å². The van der Waals surface area contributed by atoms with Gasteiger partial charge in [0.25, 0.3) is 0 Å². The standard InChI is InChI=1S/C19H18BrN3O2S/c1-2-21-19(26)23-22-13-15-12-16(20)9-10-17(15)25-18(24)11-8-14-6-4-3-5-7-14/h3-13H,2H2,1H3,(H2,21,23,26). The summed E-state index contributed by atoms with van der Waals surface area (Å²) in [6.45, 7) is 2.64. The van der Waals surface area contributed by atoms with Gasteiger partial charge in [-0.05, 0) is 49.0 Å². The molecule has 0 aliphatic rings. The molecule has 2 rings (SSSR count). The van der Waals surface area contributed by atoms with Gasteiger partial charge in [-0.3, -0.25) is 5.43 Å². The van der Waals surface area contributed by atoms with E-state index in [1.807, 2.05) is 37.3 Å². The molecule has 0 unspecified atom stereocenters. The summed E-state index contributed by atoms with van der Waals surface area (Å²) in [5.74, 6) is -0.0715. The van der Waals surface area contributed by atoms with Gasteiger partial charge in [-0.2, -0.15) is 5.10 Å². The van der Waals surface area contributed by atoms with Gasteiger partial charge in [0, 0.05) is 22.7 Å². The van der Waals surface area contributed by atoms with Crippen molar-refractivity contribution in [3.05, 3.63) is 70.2 Å². The maximum Gasteiger partial charge on any atom is 0.336 e. The Bertz CT molecular complexity index is 823. The fourth-order valence-corrected chi connectivity index (χ4v) is 2.52. The Labute approximate surface area is 166 Å². The van der Waals surface area contributed by atoms with Gasteiger partial charge in [-0.25, -0.2) is 4.79 Å². The van der Waals surface area contributed by atoms with E-state index < -0.39 is 5.97 Å². The van der Waals surface area contributed by atoms with Gasteiger partial charge >= 0.3 is 5.97 Å². The third kappa shape index (κ3) is 6.78. The van der Waals surface area contributed by atoms with Crippen molar-refractivity contribution in [2.24, 2.45) is 5.10 Å². The lowest BCUT2D eigenvalue weighted by Crippen LogP contribution is -2.31. The van der Waals surface area contributed by atoms with Crippen molar-refractivity contribution >= 4 is 51.5 Å². The zero-order chi connectivity index (χ0) is 18.8. The Morgan fingerprint density at radius 3 is 2.77 bits per heavy atom. The third-order valence-electron chi connectivity index (χ3n) is 3.10. The van der Waals surface area contributed by atoms with Gasteiger partial charge in [-0.1, -0.05) is 46.3 Å². The molecule has 0 spiro atoms. The molecular weight excluding hydrogens is 414 g/mol. The first kappa shape index (κ1) is 19.8. The lowest BCUT2D eigenvalue weighted by atomic mass is 10.2. The maximum absolute atomic E-state index is 12.1. The second-order valence-corrected chi connectivity index (χ2v) is 6.40. The minimum Gasteiger partial charge on any atom is -0.423 e. The van der Waals surface area contributed by atoms with E-state index >= 15 is 0 Å². The molecule has 2 aromatic carbocycles. The van der Waals surface area contributed by atoms with Gasteiger partial charge in [0.15, 0.2) is 5.11 Å². The number of rotatable bonds is 6. The number of ether oxygens (including phenoxy) is 1. The van der Waals surface area contributed by atoms with Crippen molar-refractivity contribution in [1.82, 2.24) is 10.7 Å². The van der Waals surface area contributed by atoms with Crippen LogP contribution in [0.4, 0.5) is 0 Å². The monoisotopic (exact) mass is 431 g/mol. The zero-order valence-electron chi connectivity index (χ0n) is 14.1. The first-order valence-corrected chi connectivity index (χ1v) is 9.10. The van der Waals surface area contributed by atoms with E-state index in [9.17, 15) is 4.79 Å². The number of hydrogen-bond donors (Lipinski definition) is 2. The van der Waals surface area contributed by atoms with Crippen molar-refractivity contribution in [3.8, 4) is 5.75 Å². The lowest BCUT2D eigenvalue weighted by Gasteiger charge is -2.07. The highest BCUT2D eigenvalue weighted by molar-refractivity contribution is 9.10. The molecule has 26 heavy (non-hydrogen) atoms. The number of nitrogens with one attached hydrogen (secondary N) is 2. The average molecular weight is 432 g/mol. The summed E-state index contributed by atoms with van der Waals surface area (Å²) in [5, 5.41) is 7.40. The fourth-order valence-electron chi connectivity index (χ4n) is 1.94. The van der Waals surface area contributed by atoms with Crippen molar-refractivity contribution in [2.75, 3.05) is 6.54 Å². The molecule has 0 aliphatic heterocycles. The minimum absolute atomic E-state index is 0.399. The van der Waals surface area contributed by atoms with E-state index in [4.69, 9.17) is 17.0 Å². The van der Waals surface area contributed by atoms with Crippen molar-refractivity contribution < 1.29 is 9.53 Å². The number of thiocarbonyl (C=S) groups is 1. The van der Waals surface area contributed by atoms with Gasteiger partial charge in [0.05, 0.1) is 6.21 Å². The van der Waals surface area contributed by atoms with Crippen molar-refractivity contribution in [2.45, 2.75) is 6.92 Å². The van der Waals surface area contributed by atoms with E-state index in [-0.39, 0.29) is 0 Å². The zero-order valence-corrected chi connectivity index (χ0v) is 16.5. The topological polar surface area (TPSA) is 62.7 Å². The molecule has 7 heteroatoms. The number of esters is 1. The second-order valence-electron chi connectivity index (χ2n) is 5.08. The number of benzene rings is 2. The van der Waals surface area contributed by atoms with Crippen LogP contribution in [0.15, 0.2) is 64.2 Å². The molecule has 134 valence electrons. The Balaban J connectivity index is 2.06. The molecule has 0 aromatic heterocycles. The SMILES string of the molecule is CCNC(=S)NN=Cc1cc(Br)ccc1OC(=O)C=Cc1ccccc1. The fraction of sp³-hybridized carbons (Fsp3) is 0.105. The summed E-state index contributed by atoms with van der Waals surface area (Å²) in [7, 11) is 0. The highest BCUT2D eigenvalue weighted by atomic mass is 79.9. The second kappa shape index (κ2) is 10.5. The smallest absolute Gasteiger partial charge is 0.336 e. The number of hydrogen-bond acceptors (Lipinski definition) is 4. The van der Waals surface area contributed by atoms with Gasteiger partial charge in [0.2, 0.25) is 0 Å². The number of hydrazone groups is 1. The van der Waals surface area contributed by atoms with Crippen LogP contribution in [0.1, 0.15) is 18.1 Å². The molecule has 0 amide bonds. The van der Waals surface area contributed by atoms with Crippen LogP contribution in [0.25, 0.3) is 6.08 Å². The molecule has 0 saturated carbocycles. The summed E-state index contributed by atoms with van der Waals surface area (Å²) in [5.41, 5.74) is 4.25. The summed E-state index contributed by atoms with van der Waals surface area (Å²) < 4.78 is 6.25. The van der Waals surface area contributed by atoms with E-state index in [2.05, 4.69) is 31.8 Å². The quantitative estimate of drug-likeness (QED) is 0.181. The lowest BCUT2D eigenvalue weighted by molar-refractivity contribution is -0.128. The number of halogens is 1. The Kier molecular flexibility index (Phi) is 7.98. The summed E-state index contributed by atoms with van der Waals surface area (Å²) in [6.07, 6.45) is 4.63. The summed E-state index contributed by atoms with van der Waals surface area (Å²) in [6, 6.07) is 14.8. The third-order valence-corrected chi connectivity index (χ3v) is 3.83. The number of carbonyl (C=O) groups excluding carboxylic acids is 1. The molecule has 0 atom stereocenters. The van der Waals surface area contributed by atoms with Crippen LogP contribution in [0.3, 0.4) is 0 Å². The highest BCUT2D eigenvalue weighted by Crippen LogP contribution is 2.22. The highest BCUT2D eigenvalue weighted by Gasteiger charge is 2.07. The van der Waals surface area contributed by atoms with E-state index in [1.165, 1.54) is 12.3 Å². The minimum atomic E-state index is -0.470. The van der Waals surface area contributed by atoms with Crippen molar-refractivity contribution in [1.29, 1.82) is 0 Å². The molecule has 2 N–H and O–H groups in total. The molecule has 0 aliphatic carbocycles. The first-order valence-electron chi connectivity index (χ1n) is 7.90. The van der Waals surface area contributed by atoms with Gasteiger partial charge in [0.1, 0.15) is 5.75 Å². The van der Waals surface area contributed by atoms with Crippen LogP contribution in [-0.2, 0) is 4.79 Å². The first-order chi connectivity index (χ1) is 12.6. The van der Waals surface area contributed by atoms with E-state index in [0.29, 0.717) is 23.0 Å². The Morgan fingerprint density at radius 1 is 1.27 bits per heavy atom. The van der Waals surface area contributed by atoms with Crippen LogP contribution in [-0.4, -0.2) is 23.8 Å². The predicted molar refractivity (Wildman–Crippen MR) is 112 cm³/mol. The Morgan fingerprint density at radius 2 is 2.04 bits per heavy atom. The van der Waals surface area contributed by atoms with Crippen molar-refractivity contribution in [3.63, 3.8) is 0 Å². The Hall–Kier alpha value is -2.51. The molecule has 0 heterocycles. The largest absolute Gasteiger partial charge is 0.423 e. The van der Waals surface area contributed by atoms with Gasteiger partial charge < -0.3 is 10.1 Å². The molecule has 0 fully saturated rings. The summed E-state index contributed by atoms with van der Waals surface area (Å²) in [4.78, 5) is 12.1. The molecule has 5 nitrogen and oxygen atoms in total. The number of nitrogens with zero attached hydrogens (tertiary/aromatic N) is 1. The van der Waals surface area contributed by atoms with E-state index in [1.54, 1.807) is 24.3 Å². The van der Waals surface area contributed by atoms with Crippen LogP contribution in [0.5, 0.6) is 5.75 Å². The average Bonchev–Trinajstić information content (AvgIpc) is 2.63. The normalized spacial score (nSPS) is 10.8. The molecule has 0 radical (unpaired) electrons. The maximum atomic E-state index is 12.1. The van der Waals surface area contributed by atoms with Crippen LogP contribution in [0, 0.1) is 0 Å². The number of carbonyl (C=O) groups is 1. The molecule has 0 saturated heterocycles. The molecule has 0 bridgehead atoms. The van der Waals surface area contributed by atoms with E-state index in [0.717, 1.165) is 10.0 Å². The molecular formula is C19H18BrN3O2S. The predicted octanol–water partition coefficient (Wildman–Crippen LogP) is 3.89. The van der Waals surface area contributed by atoms with Crippen LogP contribution >= 0.6 is 28.1 Å². The molecule has 2 aromatic rings. The summed E-state index contributed by atoms with van der Waals surface area (Å²) >= 11 is 8.43. The van der Waals surface area contributed by atoms with Crippen LogP contribution in [0.2, 0.25) is 0 Å².